The van der Waals surface area contributed by atoms with Gasteiger partial charge in [-0.05, 0) is 24.4 Å². The molecule has 7 heteroatoms. The summed E-state index contributed by atoms with van der Waals surface area (Å²) in [6.07, 6.45) is 0.204. The molecule has 0 aliphatic rings. The molecular weight excluding hydrogens is 324 g/mol. The highest BCUT2D eigenvalue weighted by Gasteiger charge is 2.16. The molecule has 0 N–H and O–H groups in total. The predicted octanol–water partition coefficient (Wildman–Crippen LogP) is 3.21. The molecule has 0 bridgehead atoms. The number of esters is 1. The maximum Gasteiger partial charge on any atom is 0.345 e. The quantitative estimate of drug-likeness (QED) is 0.534. The number of para-hydroxylation sites is 1. The zero-order chi connectivity index (χ0) is 16.5. The van der Waals surface area contributed by atoms with Gasteiger partial charge in [0.2, 0.25) is 0 Å². The van der Waals surface area contributed by atoms with Gasteiger partial charge in [0.1, 0.15) is 5.52 Å². The van der Waals surface area contributed by atoms with Crippen LogP contribution in [0.3, 0.4) is 0 Å². The minimum absolute atomic E-state index is 0.0124. The third-order valence-electron chi connectivity index (χ3n) is 3.77. The van der Waals surface area contributed by atoms with Gasteiger partial charge in [-0.2, -0.15) is 4.98 Å². The lowest BCUT2D eigenvalue weighted by Crippen LogP contribution is -2.13. The van der Waals surface area contributed by atoms with E-state index in [0.717, 1.165) is 22.3 Å². The first kappa shape index (κ1) is 14.8. The van der Waals surface area contributed by atoms with Crippen LogP contribution in [-0.4, -0.2) is 25.7 Å². The van der Waals surface area contributed by atoms with E-state index in [-0.39, 0.29) is 12.4 Å². The van der Waals surface area contributed by atoms with E-state index < -0.39 is 5.97 Å². The van der Waals surface area contributed by atoms with Crippen LogP contribution < -0.4 is 4.74 Å². The maximum absolute atomic E-state index is 12.0. The Balaban J connectivity index is 1.70. The van der Waals surface area contributed by atoms with Gasteiger partial charge in [-0.25, -0.2) is 0 Å². The zero-order valence-corrected chi connectivity index (χ0v) is 13.8. The molecule has 0 spiro atoms. The summed E-state index contributed by atoms with van der Waals surface area (Å²) in [5.41, 5.74) is 2.43. The van der Waals surface area contributed by atoms with Crippen LogP contribution in [0.2, 0.25) is 0 Å². The van der Waals surface area contributed by atoms with Crippen molar-refractivity contribution >= 4 is 39.4 Å². The van der Waals surface area contributed by atoms with Crippen molar-refractivity contribution in [2.75, 3.05) is 0 Å². The molecule has 0 atom stereocenters. The number of aromatic nitrogens is 4. The molecule has 3 aromatic heterocycles. The van der Waals surface area contributed by atoms with Crippen molar-refractivity contribution in [3.05, 3.63) is 46.7 Å². The second-order valence-electron chi connectivity index (χ2n) is 5.26. The van der Waals surface area contributed by atoms with E-state index in [4.69, 9.17) is 4.74 Å². The highest BCUT2D eigenvalue weighted by Crippen LogP contribution is 2.26. The molecule has 1 aromatic carbocycles. The summed E-state index contributed by atoms with van der Waals surface area (Å²) in [5.74, 6) is -0.391. The summed E-state index contributed by atoms with van der Waals surface area (Å²) >= 11 is 1.51. The second-order valence-corrected chi connectivity index (χ2v) is 6.29. The molecule has 0 saturated carbocycles. The molecular formula is C17H14N4O2S. The lowest BCUT2D eigenvalue weighted by atomic mass is 10.2. The van der Waals surface area contributed by atoms with Crippen LogP contribution in [0.15, 0.2) is 41.8 Å². The third-order valence-corrected chi connectivity index (χ3v) is 4.65. The highest BCUT2D eigenvalue weighted by molar-refractivity contribution is 7.10. The number of ether oxygens (including phenoxy) is 1. The van der Waals surface area contributed by atoms with Crippen LogP contribution in [-0.2, 0) is 17.8 Å². The van der Waals surface area contributed by atoms with Gasteiger partial charge in [-0.1, -0.05) is 29.4 Å². The van der Waals surface area contributed by atoms with Crippen molar-refractivity contribution in [3.63, 3.8) is 0 Å². The fourth-order valence-electron chi connectivity index (χ4n) is 2.75. The Morgan fingerprint density at radius 2 is 2.08 bits per heavy atom. The smallest absolute Gasteiger partial charge is 0.345 e. The molecule has 4 aromatic rings. The molecule has 0 radical (unpaired) electrons. The third kappa shape index (κ3) is 2.52. The standard InChI is InChI=1S/C17H14N4O2S/c1-2-21-13-8-4-3-7-12(13)15-16(21)18-17(20-19-15)23-14(22)10-11-6-5-9-24-11/h3-9H,2,10H2,1H3. The van der Waals surface area contributed by atoms with Gasteiger partial charge < -0.3 is 9.30 Å². The van der Waals surface area contributed by atoms with Crippen LogP contribution in [0.4, 0.5) is 0 Å². The first-order chi connectivity index (χ1) is 11.8. The topological polar surface area (TPSA) is 69.9 Å². The van der Waals surface area contributed by atoms with Crippen LogP contribution in [0.1, 0.15) is 11.8 Å². The maximum atomic E-state index is 12.0. The summed E-state index contributed by atoms with van der Waals surface area (Å²) in [7, 11) is 0. The number of rotatable bonds is 4. The molecule has 0 fully saturated rings. The number of aryl methyl sites for hydroxylation is 1. The van der Waals surface area contributed by atoms with Gasteiger partial charge >= 0.3 is 12.0 Å². The number of fused-ring (bicyclic) bond motifs is 3. The van der Waals surface area contributed by atoms with Crippen LogP contribution in [0.5, 0.6) is 6.01 Å². The van der Waals surface area contributed by atoms with Crippen LogP contribution in [0.25, 0.3) is 22.1 Å². The zero-order valence-electron chi connectivity index (χ0n) is 13.0. The number of benzene rings is 1. The molecule has 4 rings (SSSR count). The summed E-state index contributed by atoms with van der Waals surface area (Å²) < 4.78 is 7.30. The molecule has 24 heavy (non-hydrogen) atoms. The predicted molar refractivity (Wildman–Crippen MR) is 92.2 cm³/mol. The first-order valence-electron chi connectivity index (χ1n) is 7.61. The van der Waals surface area contributed by atoms with E-state index >= 15 is 0 Å². The Labute approximate surface area is 141 Å². The number of carbonyl (C=O) groups excluding carboxylic acids is 1. The van der Waals surface area contributed by atoms with Crippen molar-refractivity contribution in [2.45, 2.75) is 19.9 Å². The van der Waals surface area contributed by atoms with Gasteiger partial charge in [0.15, 0.2) is 5.65 Å². The molecule has 0 aliphatic carbocycles. The van der Waals surface area contributed by atoms with Crippen LogP contribution >= 0.6 is 11.3 Å². The van der Waals surface area contributed by atoms with Gasteiger partial charge in [-0.3, -0.25) is 4.79 Å². The molecule has 120 valence electrons. The van der Waals surface area contributed by atoms with E-state index in [1.54, 1.807) is 0 Å². The molecule has 0 unspecified atom stereocenters. The largest absolute Gasteiger partial charge is 0.389 e. The minimum atomic E-state index is -0.391. The summed E-state index contributed by atoms with van der Waals surface area (Å²) in [4.78, 5) is 17.4. The molecule has 0 amide bonds. The number of hydrogen-bond donors (Lipinski definition) is 0. The van der Waals surface area contributed by atoms with Gasteiger partial charge in [-0.15, -0.1) is 16.4 Å². The molecule has 6 nitrogen and oxygen atoms in total. The Hall–Kier alpha value is -2.80. The van der Waals surface area contributed by atoms with Gasteiger partial charge in [0, 0.05) is 16.8 Å². The van der Waals surface area contributed by atoms with Crippen molar-refractivity contribution in [3.8, 4) is 6.01 Å². The summed E-state index contributed by atoms with van der Waals surface area (Å²) in [6.45, 7) is 2.78. The van der Waals surface area contributed by atoms with E-state index in [2.05, 4.69) is 15.2 Å². The molecule has 0 aliphatic heterocycles. The van der Waals surface area contributed by atoms with Crippen molar-refractivity contribution in [1.82, 2.24) is 19.7 Å². The number of carbonyl (C=O) groups is 1. The Kier molecular flexibility index (Phi) is 3.70. The van der Waals surface area contributed by atoms with Crippen LogP contribution in [0, 0.1) is 0 Å². The summed E-state index contributed by atoms with van der Waals surface area (Å²) in [6, 6.07) is 11.7. The van der Waals surface area contributed by atoms with Gasteiger partial charge in [0.05, 0.1) is 11.9 Å². The Morgan fingerprint density at radius 1 is 1.21 bits per heavy atom. The fraction of sp³-hybridized carbons (Fsp3) is 0.176. The van der Waals surface area contributed by atoms with Crippen molar-refractivity contribution in [2.24, 2.45) is 0 Å². The lowest BCUT2D eigenvalue weighted by molar-refractivity contribution is -0.134. The molecule has 0 saturated heterocycles. The number of hydrogen-bond acceptors (Lipinski definition) is 6. The Bertz CT molecular complexity index is 1020. The molecule has 3 heterocycles. The van der Waals surface area contributed by atoms with E-state index in [9.17, 15) is 4.79 Å². The number of thiophene rings is 1. The second kappa shape index (κ2) is 6.01. The summed E-state index contributed by atoms with van der Waals surface area (Å²) in [5, 5.41) is 11.1. The van der Waals surface area contributed by atoms with Gasteiger partial charge in [0.25, 0.3) is 0 Å². The van der Waals surface area contributed by atoms with E-state index in [0.29, 0.717) is 11.2 Å². The van der Waals surface area contributed by atoms with E-state index in [1.165, 1.54) is 11.3 Å². The van der Waals surface area contributed by atoms with Crippen molar-refractivity contribution in [1.29, 1.82) is 0 Å². The normalized spacial score (nSPS) is 11.2. The monoisotopic (exact) mass is 338 g/mol. The van der Waals surface area contributed by atoms with Crippen molar-refractivity contribution < 1.29 is 9.53 Å². The lowest BCUT2D eigenvalue weighted by Gasteiger charge is -2.03. The minimum Gasteiger partial charge on any atom is -0.389 e. The van der Waals surface area contributed by atoms with E-state index in [1.807, 2.05) is 53.3 Å². The average Bonchev–Trinajstić information content (AvgIpc) is 3.19. The number of nitrogens with zero attached hydrogens (tertiary/aromatic N) is 4. The Morgan fingerprint density at radius 3 is 2.88 bits per heavy atom. The first-order valence-corrected chi connectivity index (χ1v) is 8.49. The highest BCUT2D eigenvalue weighted by atomic mass is 32.1. The average molecular weight is 338 g/mol. The fourth-order valence-corrected chi connectivity index (χ4v) is 3.44. The SMILES string of the molecule is CCn1c2ccccc2c2nnc(OC(=O)Cc3cccs3)nc21.